The maximum atomic E-state index is 10.6. The first-order valence-electron chi connectivity index (χ1n) is 4.57. The minimum Gasteiger partial charge on any atom is -0.380 e. The summed E-state index contributed by atoms with van der Waals surface area (Å²) in [4.78, 5) is 14.5. The second kappa shape index (κ2) is 4.58. The van der Waals surface area contributed by atoms with Crippen LogP contribution in [0.5, 0.6) is 0 Å². The first-order valence-corrected chi connectivity index (χ1v) is 4.57. The van der Waals surface area contributed by atoms with Gasteiger partial charge in [0.05, 0.1) is 12.1 Å². The number of hydrogen-bond donors (Lipinski definition) is 0. The van der Waals surface area contributed by atoms with Crippen molar-refractivity contribution in [2.45, 2.75) is 18.6 Å². The van der Waals surface area contributed by atoms with Crippen LogP contribution in [0.4, 0.5) is 0 Å². The molecule has 1 amide bonds. The van der Waals surface area contributed by atoms with Crippen LogP contribution in [0.15, 0.2) is 0 Å². The Bertz CT molecular complexity index is 173. The van der Waals surface area contributed by atoms with Gasteiger partial charge in [-0.05, 0) is 20.5 Å². The van der Waals surface area contributed by atoms with E-state index in [0.29, 0.717) is 6.04 Å². The Kier molecular flexibility index (Phi) is 3.69. The molecule has 13 heavy (non-hydrogen) atoms. The van der Waals surface area contributed by atoms with Crippen LogP contribution in [0.2, 0.25) is 0 Å². The SMILES string of the molecule is COC1CCN(C=O)CC1N(C)C. The maximum absolute atomic E-state index is 10.6. The van der Waals surface area contributed by atoms with Crippen LogP contribution in [0.25, 0.3) is 0 Å². The van der Waals surface area contributed by atoms with E-state index in [1.807, 2.05) is 14.1 Å². The third-order valence-corrected chi connectivity index (χ3v) is 2.67. The second-order valence-corrected chi connectivity index (χ2v) is 3.69. The van der Waals surface area contributed by atoms with Crippen LogP contribution >= 0.6 is 0 Å². The molecule has 0 aromatic carbocycles. The highest BCUT2D eigenvalue weighted by Gasteiger charge is 2.29. The monoisotopic (exact) mass is 186 g/mol. The van der Waals surface area contributed by atoms with Gasteiger partial charge in [-0.2, -0.15) is 0 Å². The van der Waals surface area contributed by atoms with Crippen LogP contribution in [0, 0.1) is 0 Å². The summed E-state index contributed by atoms with van der Waals surface area (Å²) in [5, 5.41) is 0. The van der Waals surface area contributed by atoms with Crippen molar-refractivity contribution in [2.75, 3.05) is 34.3 Å². The van der Waals surface area contributed by atoms with Crippen molar-refractivity contribution in [3.05, 3.63) is 0 Å². The summed E-state index contributed by atoms with van der Waals surface area (Å²) in [6.07, 6.45) is 2.10. The summed E-state index contributed by atoms with van der Waals surface area (Å²) < 4.78 is 5.37. The van der Waals surface area contributed by atoms with Crippen LogP contribution in [0.1, 0.15) is 6.42 Å². The van der Waals surface area contributed by atoms with E-state index in [1.54, 1.807) is 12.0 Å². The smallest absolute Gasteiger partial charge is 0.209 e. The van der Waals surface area contributed by atoms with E-state index in [0.717, 1.165) is 25.9 Å². The maximum Gasteiger partial charge on any atom is 0.209 e. The number of hydrogen-bond acceptors (Lipinski definition) is 3. The predicted octanol–water partition coefficient (Wildman–Crippen LogP) is -0.206. The van der Waals surface area contributed by atoms with Crippen molar-refractivity contribution in [1.29, 1.82) is 0 Å². The molecule has 1 aliphatic rings. The van der Waals surface area contributed by atoms with Gasteiger partial charge >= 0.3 is 0 Å². The Hall–Kier alpha value is -0.610. The molecular weight excluding hydrogens is 168 g/mol. The highest BCUT2D eigenvalue weighted by molar-refractivity contribution is 5.47. The van der Waals surface area contributed by atoms with Gasteiger partial charge in [-0.25, -0.2) is 0 Å². The standard InChI is InChI=1S/C9H18N2O2/c1-10(2)8-6-11(7-12)5-4-9(8)13-3/h7-9H,4-6H2,1-3H3. The lowest BCUT2D eigenvalue weighted by Crippen LogP contribution is -2.53. The number of amides is 1. The zero-order valence-corrected chi connectivity index (χ0v) is 8.56. The van der Waals surface area contributed by atoms with Gasteiger partial charge in [0.1, 0.15) is 0 Å². The molecule has 0 spiro atoms. The number of piperidine rings is 1. The van der Waals surface area contributed by atoms with Crippen molar-refractivity contribution < 1.29 is 9.53 Å². The van der Waals surface area contributed by atoms with Crippen LogP contribution in [-0.4, -0.2) is 62.7 Å². The van der Waals surface area contributed by atoms with E-state index < -0.39 is 0 Å². The van der Waals surface area contributed by atoms with Gasteiger partial charge in [-0.15, -0.1) is 0 Å². The summed E-state index contributed by atoms with van der Waals surface area (Å²) in [5.41, 5.74) is 0. The Labute approximate surface area is 79.4 Å². The summed E-state index contributed by atoms with van der Waals surface area (Å²) in [6.45, 7) is 1.58. The molecule has 2 unspecified atom stereocenters. The number of carbonyl (C=O) groups is 1. The first kappa shape index (κ1) is 10.5. The zero-order valence-electron chi connectivity index (χ0n) is 8.56. The molecule has 76 valence electrons. The summed E-state index contributed by atoms with van der Waals surface area (Å²) >= 11 is 0. The van der Waals surface area contributed by atoms with E-state index >= 15 is 0 Å². The normalized spacial score (nSPS) is 29.4. The third kappa shape index (κ3) is 2.42. The molecule has 1 fully saturated rings. The van der Waals surface area contributed by atoms with Gasteiger partial charge in [-0.1, -0.05) is 0 Å². The first-order chi connectivity index (χ1) is 6.19. The quantitative estimate of drug-likeness (QED) is 0.572. The van der Waals surface area contributed by atoms with Crippen molar-refractivity contribution in [1.82, 2.24) is 9.80 Å². The summed E-state index contributed by atoms with van der Waals surface area (Å²) in [6, 6.07) is 0.323. The molecule has 0 aromatic heterocycles. The molecule has 0 bridgehead atoms. The molecular formula is C9H18N2O2. The average molecular weight is 186 g/mol. The van der Waals surface area contributed by atoms with Crippen LogP contribution < -0.4 is 0 Å². The second-order valence-electron chi connectivity index (χ2n) is 3.69. The minimum absolute atomic E-state index is 0.256. The summed E-state index contributed by atoms with van der Waals surface area (Å²) in [5.74, 6) is 0. The Morgan fingerprint density at radius 3 is 2.69 bits per heavy atom. The van der Waals surface area contributed by atoms with Gasteiger partial charge in [0.25, 0.3) is 0 Å². The van der Waals surface area contributed by atoms with E-state index in [-0.39, 0.29) is 6.10 Å². The molecule has 0 aromatic rings. The van der Waals surface area contributed by atoms with Crippen LogP contribution in [0.3, 0.4) is 0 Å². The Morgan fingerprint density at radius 2 is 2.23 bits per heavy atom. The number of methoxy groups -OCH3 is 1. The molecule has 1 saturated heterocycles. The average Bonchev–Trinajstić information content (AvgIpc) is 2.16. The van der Waals surface area contributed by atoms with E-state index in [9.17, 15) is 4.79 Å². The van der Waals surface area contributed by atoms with Crippen molar-refractivity contribution >= 4 is 6.41 Å². The molecule has 2 atom stereocenters. The molecule has 0 radical (unpaired) electrons. The predicted molar refractivity (Wildman–Crippen MR) is 50.5 cm³/mol. The van der Waals surface area contributed by atoms with E-state index in [1.165, 1.54) is 0 Å². The molecule has 0 aliphatic carbocycles. The fraction of sp³-hybridized carbons (Fsp3) is 0.889. The number of ether oxygens (including phenoxy) is 1. The zero-order chi connectivity index (χ0) is 9.84. The van der Waals surface area contributed by atoms with E-state index in [4.69, 9.17) is 4.74 Å². The Balaban J connectivity index is 2.57. The molecule has 0 N–H and O–H groups in total. The highest BCUT2D eigenvalue weighted by atomic mass is 16.5. The molecule has 0 saturated carbocycles. The van der Waals surface area contributed by atoms with Gasteiger partial charge in [0.2, 0.25) is 6.41 Å². The van der Waals surface area contributed by atoms with Gasteiger partial charge in [-0.3, -0.25) is 4.79 Å². The van der Waals surface area contributed by atoms with Crippen molar-refractivity contribution in [3.8, 4) is 0 Å². The van der Waals surface area contributed by atoms with Crippen LogP contribution in [-0.2, 0) is 9.53 Å². The fourth-order valence-electron chi connectivity index (χ4n) is 1.80. The number of nitrogens with zero attached hydrogens (tertiary/aromatic N) is 2. The molecule has 1 aliphatic heterocycles. The van der Waals surface area contributed by atoms with Gasteiger partial charge < -0.3 is 14.5 Å². The largest absolute Gasteiger partial charge is 0.380 e. The topological polar surface area (TPSA) is 32.8 Å². The molecule has 4 nitrogen and oxygen atoms in total. The van der Waals surface area contributed by atoms with Crippen molar-refractivity contribution in [2.24, 2.45) is 0 Å². The summed E-state index contributed by atoms with van der Waals surface area (Å²) in [7, 11) is 5.77. The number of carbonyl (C=O) groups excluding carboxylic acids is 1. The lowest BCUT2D eigenvalue weighted by atomic mass is 10.0. The van der Waals surface area contributed by atoms with Gasteiger partial charge in [0.15, 0.2) is 0 Å². The number of likely N-dealkylation sites (N-methyl/N-ethyl adjacent to an activating group) is 1. The lowest BCUT2D eigenvalue weighted by Gasteiger charge is -2.39. The van der Waals surface area contributed by atoms with Crippen molar-refractivity contribution in [3.63, 3.8) is 0 Å². The number of rotatable bonds is 3. The Morgan fingerprint density at radius 1 is 1.54 bits per heavy atom. The van der Waals surface area contributed by atoms with Gasteiger partial charge in [0, 0.05) is 20.2 Å². The lowest BCUT2D eigenvalue weighted by molar-refractivity contribution is -0.122. The highest BCUT2D eigenvalue weighted by Crippen LogP contribution is 2.15. The molecule has 1 rings (SSSR count). The van der Waals surface area contributed by atoms with E-state index in [2.05, 4.69) is 4.90 Å². The minimum atomic E-state index is 0.256. The third-order valence-electron chi connectivity index (χ3n) is 2.67. The molecule has 1 heterocycles. The fourth-order valence-corrected chi connectivity index (χ4v) is 1.80. The molecule has 4 heteroatoms. The number of likely N-dealkylation sites (tertiary alicyclic amines) is 1.